The number of rotatable bonds is 18. The molecule has 0 radical (unpaired) electrons. The minimum atomic E-state index is -0.624. The van der Waals surface area contributed by atoms with Crippen LogP contribution in [0.5, 0.6) is 11.6 Å². The van der Waals surface area contributed by atoms with E-state index >= 15 is 0 Å². The second kappa shape index (κ2) is 19.5. The molecule has 60 heavy (non-hydrogen) atoms. The largest absolute Gasteiger partial charge is 0.491 e. The normalized spacial score (nSPS) is 16.7. The lowest BCUT2D eigenvalue weighted by molar-refractivity contribution is -0.141. The number of benzene rings is 3. The van der Waals surface area contributed by atoms with Crippen LogP contribution in [0.25, 0.3) is 16.0 Å². The van der Waals surface area contributed by atoms with Crippen LogP contribution in [0.1, 0.15) is 87.1 Å². The third kappa shape index (κ3) is 9.63. The van der Waals surface area contributed by atoms with Gasteiger partial charge in [0.2, 0.25) is 11.8 Å². The Labute approximate surface area is 355 Å². The highest BCUT2D eigenvalue weighted by Gasteiger charge is 2.40. The summed E-state index contributed by atoms with van der Waals surface area (Å²) in [7, 11) is 0. The van der Waals surface area contributed by atoms with E-state index in [2.05, 4.69) is 27.6 Å². The number of hydrogen-bond acceptors (Lipinski definition) is 10. The minimum absolute atomic E-state index is 0.0271. The Kier molecular flexibility index (Phi) is 13.8. The summed E-state index contributed by atoms with van der Waals surface area (Å²) in [6, 6.07) is 24.7. The second-order valence-corrected chi connectivity index (χ2v) is 16.3. The van der Waals surface area contributed by atoms with E-state index in [0.29, 0.717) is 50.8 Å². The standard InChI is InChI=1S/C47H53N5O7S/c1-6-10-38-37-11-7-8-12-39(37)52(46(38)54)28-33-14-20-36(21-15-33)57-25-23-56-24-26-58-42-27-41(59-50-42)43(30(2)3)47(55)51-22-9-13-40(51)45(53)49-31(4)34-16-18-35(19-17-34)44-32(5)48-29-60-44/h7-8,10-12,14-21,27,29-31,40,43H,6,9,13,22-26,28H2,1-5H3,(H,49,53)/b38-10-/t31-,40-,43?/m0/s1. The molecule has 0 bridgehead atoms. The van der Waals surface area contributed by atoms with E-state index in [9.17, 15) is 14.4 Å². The molecule has 0 aliphatic carbocycles. The molecular formula is C47H53N5O7S. The Morgan fingerprint density at radius 1 is 0.983 bits per heavy atom. The molecule has 2 aromatic heterocycles. The number of nitrogens with one attached hydrogen (secondary N) is 1. The van der Waals surface area contributed by atoms with Crippen LogP contribution >= 0.6 is 11.3 Å². The summed E-state index contributed by atoms with van der Waals surface area (Å²) in [6.07, 6.45) is 4.13. The molecule has 0 saturated carbocycles. The maximum Gasteiger partial charge on any atom is 0.258 e. The Bertz CT molecular complexity index is 2280. The second-order valence-electron chi connectivity index (χ2n) is 15.5. The molecule has 2 aliphatic rings. The van der Waals surface area contributed by atoms with Crippen molar-refractivity contribution in [3.05, 3.63) is 119 Å². The molecule has 4 heterocycles. The first-order valence-corrected chi connectivity index (χ1v) is 21.6. The third-order valence-electron chi connectivity index (χ3n) is 11.0. The Morgan fingerprint density at radius 3 is 2.45 bits per heavy atom. The van der Waals surface area contributed by atoms with E-state index in [1.165, 1.54) is 0 Å². The fourth-order valence-electron chi connectivity index (χ4n) is 7.86. The van der Waals surface area contributed by atoms with E-state index in [-0.39, 0.29) is 42.2 Å². The molecule has 314 valence electrons. The first-order valence-electron chi connectivity index (χ1n) is 20.7. The number of carbonyl (C=O) groups excluding carboxylic acids is 3. The van der Waals surface area contributed by atoms with Gasteiger partial charge in [-0.1, -0.05) is 81.4 Å². The Balaban J connectivity index is 0.834. The molecule has 13 heteroatoms. The number of ether oxygens (including phenoxy) is 3. The van der Waals surface area contributed by atoms with Crippen LogP contribution in [0.4, 0.5) is 5.69 Å². The van der Waals surface area contributed by atoms with Crippen LogP contribution in [0, 0.1) is 12.8 Å². The van der Waals surface area contributed by atoms with Gasteiger partial charge in [-0.15, -0.1) is 11.3 Å². The van der Waals surface area contributed by atoms with Crippen LogP contribution < -0.4 is 19.7 Å². The zero-order chi connectivity index (χ0) is 42.2. The maximum absolute atomic E-state index is 14.0. The number of aromatic nitrogens is 2. The molecule has 7 rings (SSSR count). The summed E-state index contributed by atoms with van der Waals surface area (Å²) in [5.41, 5.74) is 8.61. The lowest BCUT2D eigenvalue weighted by Gasteiger charge is -2.29. The number of anilines is 1. The van der Waals surface area contributed by atoms with Crippen molar-refractivity contribution in [3.63, 3.8) is 0 Å². The van der Waals surface area contributed by atoms with Gasteiger partial charge in [0.15, 0.2) is 5.76 Å². The molecule has 5 aromatic rings. The lowest BCUT2D eigenvalue weighted by atomic mass is 9.91. The highest BCUT2D eigenvalue weighted by molar-refractivity contribution is 7.13. The van der Waals surface area contributed by atoms with Crippen molar-refractivity contribution in [1.82, 2.24) is 20.4 Å². The topological polar surface area (TPSA) is 136 Å². The summed E-state index contributed by atoms with van der Waals surface area (Å²) >= 11 is 1.61. The number of allylic oxidation sites excluding steroid dienone is 1. The zero-order valence-electron chi connectivity index (χ0n) is 34.9. The van der Waals surface area contributed by atoms with Crippen LogP contribution in [0.15, 0.2) is 95.0 Å². The lowest BCUT2D eigenvalue weighted by Crippen LogP contribution is -2.48. The predicted molar refractivity (Wildman–Crippen MR) is 232 cm³/mol. The quantitative estimate of drug-likeness (QED) is 0.0681. The Morgan fingerprint density at radius 2 is 1.73 bits per heavy atom. The van der Waals surface area contributed by atoms with E-state index < -0.39 is 12.0 Å². The van der Waals surface area contributed by atoms with Crippen LogP contribution in [-0.2, 0) is 25.7 Å². The average Bonchev–Trinajstić information content (AvgIpc) is 4.07. The van der Waals surface area contributed by atoms with Gasteiger partial charge in [-0.3, -0.25) is 14.4 Å². The number of nitrogens with zero attached hydrogens (tertiary/aromatic N) is 4. The van der Waals surface area contributed by atoms with Crippen molar-refractivity contribution in [2.75, 3.05) is 37.9 Å². The molecule has 0 spiro atoms. The summed E-state index contributed by atoms with van der Waals surface area (Å²) in [5, 5.41) is 7.21. The van der Waals surface area contributed by atoms with Crippen molar-refractivity contribution < 1.29 is 33.1 Å². The third-order valence-corrected chi connectivity index (χ3v) is 11.9. The fourth-order valence-corrected chi connectivity index (χ4v) is 8.67. The van der Waals surface area contributed by atoms with Gasteiger partial charge in [-0.05, 0) is 79.1 Å². The average molecular weight is 832 g/mol. The number of fused-ring (bicyclic) bond motifs is 1. The minimum Gasteiger partial charge on any atom is -0.491 e. The van der Waals surface area contributed by atoms with Crippen LogP contribution in [0.2, 0.25) is 0 Å². The maximum atomic E-state index is 14.0. The summed E-state index contributed by atoms with van der Waals surface area (Å²) < 4.78 is 23.0. The molecule has 1 fully saturated rings. The van der Waals surface area contributed by atoms with Crippen LogP contribution in [0.3, 0.4) is 0 Å². The number of hydrogen-bond donors (Lipinski definition) is 1. The number of thiazole rings is 1. The monoisotopic (exact) mass is 831 g/mol. The highest BCUT2D eigenvalue weighted by atomic mass is 32.1. The Hall–Kier alpha value is -5.79. The number of para-hydroxylation sites is 1. The number of amides is 3. The van der Waals surface area contributed by atoms with E-state index in [0.717, 1.165) is 56.9 Å². The highest BCUT2D eigenvalue weighted by Crippen LogP contribution is 2.38. The van der Waals surface area contributed by atoms with Gasteiger partial charge >= 0.3 is 0 Å². The van der Waals surface area contributed by atoms with Crippen molar-refractivity contribution >= 4 is 40.3 Å². The molecule has 3 amide bonds. The van der Waals surface area contributed by atoms with Crippen molar-refractivity contribution in [1.29, 1.82) is 0 Å². The number of aryl methyl sites for hydroxylation is 1. The van der Waals surface area contributed by atoms with Gasteiger partial charge in [0.25, 0.3) is 11.8 Å². The van der Waals surface area contributed by atoms with Crippen LogP contribution in [-0.4, -0.2) is 71.8 Å². The smallest absolute Gasteiger partial charge is 0.258 e. The van der Waals surface area contributed by atoms with Gasteiger partial charge < -0.3 is 33.9 Å². The first-order chi connectivity index (χ1) is 29.1. The summed E-state index contributed by atoms with van der Waals surface area (Å²) in [4.78, 5) is 49.8. The summed E-state index contributed by atoms with van der Waals surface area (Å²) in [5.74, 6) is 0.344. The number of likely N-dealkylation sites (tertiary alicyclic amines) is 1. The van der Waals surface area contributed by atoms with E-state index in [4.69, 9.17) is 18.7 Å². The first kappa shape index (κ1) is 42.3. The molecule has 1 N–H and O–H groups in total. The molecule has 3 aromatic carbocycles. The van der Waals surface area contributed by atoms with E-state index in [1.54, 1.807) is 22.3 Å². The number of carbonyl (C=O) groups is 3. The van der Waals surface area contributed by atoms with E-state index in [1.807, 2.05) is 112 Å². The zero-order valence-corrected chi connectivity index (χ0v) is 35.7. The molecule has 2 aliphatic heterocycles. The molecule has 3 atom stereocenters. The van der Waals surface area contributed by atoms with Gasteiger partial charge in [0.1, 0.15) is 30.9 Å². The molecule has 1 unspecified atom stereocenters. The van der Waals surface area contributed by atoms with Gasteiger partial charge in [0.05, 0.1) is 47.6 Å². The molecule has 1 saturated heterocycles. The molecule has 12 nitrogen and oxygen atoms in total. The van der Waals surface area contributed by atoms with Crippen molar-refractivity contribution in [3.8, 4) is 22.1 Å². The fraction of sp³-hybridized carbons (Fsp3) is 0.383. The van der Waals surface area contributed by atoms with Gasteiger partial charge in [0, 0.05) is 23.7 Å². The van der Waals surface area contributed by atoms with Crippen molar-refractivity contribution in [2.24, 2.45) is 5.92 Å². The van der Waals surface area contributed by atoms with Crippen molar-refractivity contribution in [2.45, 2.75) is 78.4 Å². The van der Waals surface area contributed by atoms with Gasteiger partial charge in [-0.2, -0.15) is 0 Å². The van der Waals surface area contributed by atoms with Gasteiger partial charge in [-0.25, -0.2) is 4.98 Å². The SMILES string of the molecule is CC/C=C1\C(=O)N(Cc2ccc(OCCOCCOc3cc(C(C(=O)N4CCC[C@H]4C(=O)N[C@@H](C)c4ccc(-c5scnc5C)cc4)C(C)C)on3)cc2)c2ccccc21. The predicted octanol–water partition coefficient (Wildman–Crippen LogP) is 8.53. The molecular weight excluding hydrogens is 779 g/mol. The summed E-state index contributed by atoms with van der Waals surface area (Å²) in [6.45, 7) is 12.1.